The number of Topliss-reactive ketones (excluding diaryl/α,β-unsaturated/α-hetero) is 1. The molecule has 0 aliphatic carbocycles. The molecule has 0 bridgehead atoms. The Morgan fingerprint density at radius 1 is 1.13 bits per heavy atom. The van der Waals surface area contributed by atoms with Gasteiger partial charge in [0.15, 0.2) is 22.4 Å². The maximum Gasteiger partial charge on any atom is 0.250 e. The van der Waals surface area contributed by atoms with E-state index in [1.165, 1.54) is 24.3 Å². The zero-order valence-electron chi connectivity index (χ0n) is 17.9. The number of aryl methyl sites for hydroxylation is 2. The van der Waals surface area contributed by atoms with Crippen LogP contribution in [0.25, 0.3) is 6.08 Å². The van der Waals surface area contributed by atoms with Gasteiger partial charge in [0, 0.05) is 17.9 Å². The van der Waals surface area contributed by atoms with Crippen LogP contribution in [0.5, 0.6) is 11.5 Å². The highest BCUT2D eigenvalue weighted by atomic mass is 32.1. The Morgan fingerprint density at radius 3 is 2.58 bits per heavy atom. The van der Waals surface area contributed by atoms with Crippen LogP contribution in [0.15, 0.2) is 48.5 Å². The summed E-state index contributed by atoms with van der Waals surface area (Å²) in [7, 11) is 1.58. The van der Waals surface area contributed by atoms with Crippen LogP contribution < -0.4 is 14.8 Å². The zero-order valence-corrected chi connectivity index (χ0v) is 18.7. The summed E-state index contributed by atoms with van der Waals surface area (Å²) in [6, 6.07) is 13.5. The number of benzene rings is 2. The number of hydrogen-bond donors (Lipinski definition) is 1. The Morgan fingerprint density at radius 2 is 1.90 bits per heavy atom. The van der Waals surface area contributed by atoms with Gasteiger partial charge in [-0.3, -0.25) is 14.9 Å². The number of aromatic nitrogens is 1. The first-order valence-corrected chi connectivity index (χ1v) is 10.5. The van der Waals surface area contributed by atoms with Crippen LogP contribution in [0.2, 0.25) is 0 Å². The smallest absolute Gasteiger partial charge is 0.250 e. The first-order valence-electron chi connectivity index (χ1n) is 9.70. The summed E-state index contributed by atoms with van der Waals surface area (Å²) >= 11 is 1.27. The number of anilines is 1. The van der Waals surface area contributed by atoms with Crippen LogP contribution >= 0.6 is 11.3 Å². The molecule has 0 atom stereocenters. The Balaban J connectivity index is 1.65. The van der Waals surface area contributed by atoms with E-state index in [-0.39, 0.29) is 11.7 Å². The lowest BCUT2D eigenvalue weighted by Gasteiger charge is -2.12. The second kappa shape index (κ2) is 10.0. The van der Waals surface area contributed by atoms with Gasteiger partial charge in [-0.15, -0.1) is 11.3 Å². The van der Waals surface area contributed by atoms with E-state index in [1.54, 1.807) is 26.2 Å². The van der Waals surface area contributed by atoms with Gasteiger partial charge in [-0.05, 0) is 48.7 Å². The Kier molecular flexibility index (Phi) is 7.20. The fourth-order valence-corrected chi connectivity index (χ4v) is 3.79. The molecule has 0 fully saturated rings. The van der Waals surface area contributed by atoms with Gasteiger partial charge in [-0.1, -0.05) is 30.3 Å². The van der Waals surface area contributed by atoms with Crippen molar-refractivity contribution in [3.8, 4) is 11.5 Å². The van der Waals surface area contributed by atoms with Crippen LogP contribution in [0, 0.1) is 13.8 Å². The lowest BCUT2D eigenvalue weighted by Crippen LogP contribution is -2.07. The van der Waals surface area contributed by atoms with Crippen LogP contribution in [0.1, 0.15) is 39.0 Å². The van der Waals surface area contributed by atoms with Crippen molar-refractivity contribution >= 4 is 34.2 Å². The molecule has 160 valence electrons. The van der Waals surface area contributed by atoms with Gasteiger partial charge in [0.1, 0.15) is 12.3 Å². The van der Waals surface area contributed by atoms with Crippen LogP contribution in [-0.4, -0.2) is 23.8 Å². The predicted molar refractivity (Wildman–Crippen MR) is 123 cm³/mol. The van der Waals surface area contributed by atoms with E-state index in [9.17, 15) is 9.59 Å². The standard InChI is InChI=1S/C24H24N2O4S/c1-15-7-5-6-8-19(15)14-30-20-11-9-18(13-21(20)29-4)10-12-22(28)25-24-26-23(16(2)27)17(3)31-24/h5-13H,14H2,1-4H3,(H,25,26,28). The number of ketones is 1. The number of carbonyl (C=O) groups is 2. The van der Waals surface area contributed by atoms with E-state index < -0.39 is 0 Å². The Labute approximate surface area is 185 Å². The molecule has 0 spiro atoms. The van der Waals surface area contributed by atoms with E-state index in [0.717, 1.165) is 21.6 Å². The zero-order chi connectivity index (χ0) is 22.4. The maximum atomic E-state index is 12.2. The highest BCUT2D eigenvalue weighted by molar-refractivity contribution is 7.16. The number of ether oxygens (including phenoxy) is 2. The molecular formula is C24H24N2O4S. The van der Waals surface area contributed by atoms with Gasteiger partial charge in [0.25, 0.3) is 0 Å². The Hall–Kier alpha value is -3.45. The SMILES string of the molecule is COc1cc(C=CC(=O)Nc2nc(C(C)=O)c(C)s2)ccc1OCc1ccccc1C. The van der Waals surface area contributed by atoms with Gasteiger partial charge < -0.3 is 9.47 Å². The normalized spacial score (nSPS) is 10.8. The number of nitrogens with one attached hydrogen (secondary N) is 1. The highest BCUT2D eigenvalue weighted by Crippen LogP contribution is 2.29. The molecule has 0 aliphatic rings. The fraction of sp³-hybridized carbons (Fsp3) is 0.208. The average Bonchev–Trinajstić information content (AvgIpc) is 3.12. The molecule has 0 aliphatic heterocycles. The number of nitrogens with zero attached hydrogens (tertiary/aromatic N) is 1. The molecule has 7 heteroatoms. The molecule has 6 nitrogen and oxygen atoms in total. The first kappa shape index (κ1) is 22.2. The second-order valence-electron chi connectivity index (χ2n) is 6.93. The third-order valence-electron chi connectivity index (χ3n) is 4.62. The van der Waals surface area contributed by atoms with Crippen molar-refractivity contribution in [1.82, 2.24) is 4.98 Å². The van der Waals surface area contributed by atoms with Crippen molar-refractivity contribution in [1.29, 1.82) is 0 Å². The van der Waals surface area contributed by atoms with Gasteiger partial charge in [0.05, 0.1) is 7.11 Å². The molecule has 0 saturated heterocycles. The minimum absolute atomic E-state index is 0.124. The molecule has 1 aromatic heterocycles. The van der Waals surface area contributed by atoms with Crippen molar-refractivity contribution in [3.05, 3.63) is 75.8 Å². The minimum atomic E-state index is -0.331. The molecule has 31 heavy (non-hydrogen) atoms. The van der Waals surface area contributed by atoms with Crippen molar-refractivity contribution < 1.29 is 19.1 Å². The van der Waals surface area contributed by atoms with Crippen molar-refractivity contribution in [2.24, 2.45) is 0 Å². The largest absolute Gasteiger partial charge is 0.493 e. The van der Waals surface area contributed by atoms with Gasteiger partial charge in [-0.25, -0.2) is 4.98 Å². The molecule has 3 rings (SSSR count). The van der Waals surface area contributed by atoms with E-state index in [4.69, 9.17) is 9.47 Å². The lowest BCUT2D eigenvalue weighted by atomic mass is 10.1. The third kappa shape index (κ3) is 5.79. The average molecular weight is 437 g/mol. The topological polar surface area (TPSA) is 77.5 Å². The number of rotatable bonds is 8. The maximum absolute atomic E-state index is 12.2. The quantitative estimate of drug-likeness (QED) is 0.388. The summed E-state index contributed by atoms with van der Waals surface area (Å²) in [5, 5.41) is 3.08. The minimum Gasteiger partial charge on any atom is -0.493 e. The van der Waals surface area contributed by atoms with Gasteiger partial charge in [0.2, 0.25) is 5.91 Å². The summed E-state index contributed by atoms with van der Waals surface area (Å²) in [4.78, 5) is 28.7. The molecule has 0 saturated carbocycles. The summed E-state index contributed by atoms with van der Waals surface area (Å²) < 4.78 is 11.4. The molecule has 3 aromatic rings. The fourth-order valence-electron chi connectivity index (χ4n) is 2.93. The van der Waals surface area contributed by atoms with E-state index >= 15 is 0 Å². The summed E-state index contributed by atoms with van der Waals surface area (Å²) in [6.45, 7) is 5.74. The molecule has 1 N–H and O–H groups in total. The molecular weight excluding hydrogens is 412 g/mol. The van der Waals surface area contributed by atoms with E-state index in [2.05, 4.69) is 10.3 Å². The molecule has 1 amide bonds. The van der Waals surface area contributed by atoms with Crippen LogP contribution in [0.3, 0.4) is 0 Å². The molecule has 2 aromatic carbocycles. The Bertz CT molecular complexity index is 1130. The third-order valence-corrected chi connectivity index (χ3v) is 5.51. The second-order valence-corrected chi connectivity index (χ2v) is 8.13. The lowest BCUT2D eigenvalue weighted by molar-refractivity contribution is -0.111. The monoisotopic (exact) mass is 436 g/mol. The number of methoxy groups -OCH3 is 1. The van der Waals surface area contributed by atoms with Crippen LogP contribution in [0.4, 0.5) is 5.13 Å². The van der Waals surface area contributed by atoms with Crippen LogP contribution in [-0.2, 0) is 11.4 Å². The van der Waals surface area contributed by atoms with Gasteiger partial charge in [-0.2, -0.15) is 0 Å². The number of carbonyl (C=O) groups excluding carboxylic acids is 2. The molecule has 0 unspecified atom stereocenters. The predicted octanol–water partition coefficient (Wildman–Crippen LogP) is 5.20. The van der Waals surface area contributed by atoms with Crippen molar-refractivity contribution in [2.45, 2.75) is 27.4 Å². The number of hydrogen-bond acceptors (Lipinski definition) is 6. The number of thiazole rings is 1. The van der Waals surface area contributed by atoms with E-state index in [0.29, 0.717) is 28.9 Å². The van der Waals surface area contributed by atoms with Crippen molar-refractivity contribution in [3.63, 3.8) is 0 Å². The molecule has 0 radical (unpaired) electrons. The first-order chi connectivity index (χ1) is 14.9. The summed E-state index contributed by atoms with van der Waals surface area (Å²) in [6.07, 6.45) is 3.09. The summed E-state index contributed by atoms with van der Waals surface area (Å²) in [5.74, 6) is 0.754. The van der Waals surface area contributed by atoms with Gasteiger partial charge >= 0.3 is 0 Å². The van der Waals surface area contributed by atoms with Crippen molar-refractivity contribution in [2.75, 3.05) is 12.4 Å². The number of amides is 1. The summed E-state index contributed by atoms with van der Waals surface area (Å²) in [5.41, 5.74) is 3.44. The highest BCUT2D eigenvalue weighted by Gasteiger charge is 2.12. The molecule has 1 heterocycles. The van der Waals surface area contributed by atoms with E-state index in [1.807, 2.05) is 43.3 Å².